The summed E-state index contributed by atoms with van der Waals surface area (Å²) in [6, 6.07) is 14.2. The fourth-order valence-electron chi connectivity index (χ4n) is 3.46. The molecule has 0 radical (unpaired) electrons. The molecule has 0 saturated heterocycles. The smallest absolute Gasteiger partial charge is 0.0839 e. The molecule has 0 spiro atoms. The molecule has 106 valence electrons. The summed E-state index contributed by atoms with van der Waals surface area (Å²) >= 11 is 0. The van der Waals surface area contributed by atoms with Crippen molar-refractivity contribution in [2.45, 2.75) is 50.2 Å². The largest absolute Gasteiger partial charge is 0.388 e. The molecular formula is C18H23NO. The Kier molecular flexibility index (Phi) is 3.77. The molecule has 1 fully saturated rings. The van der Waals surface area contributed by atoms with Crippen molar-refractivity contribution < 1.29 is 5.11 Å². The minimum atomic E-state index is -0.749. The number of hydrogen-bond acceptors (Lipinski definition) is 2. The van der Waals surface area contributed by atoms with Crippen molar-refractivity contribution in [3.05, 3.63) is 48.0 Å². The quantitative estimate of drug-likeness (QED) is 0.812. The third kappa shape index (κ3) is 2.46. The fraction of sp³-hybridized carbons (Fsp3) is 0.444. The summed E-state index contributed by atoms with van der Waals surface area (Å²) < 4.78 is 0. The van der Waals surface area contributed by atoms with Crippen LogP contribution in [0.15, 0.2) is 42.5 Å². The number of benzene rings is 2. The molecule has 1 saturated carbocycles. The van der Waals surface area contributed by atoms with Crippen LogP contribution in [-0.2, 0) is 0 Å². The molecule has 1 aliphatic rings. The van der Waals surface area contributed by atoms with Crippen molar-refractivity contribution in [2.24, 2.45) is 5.73 Å². The molecule has 2 aromatic rings. The van der Waals surface area contributed by atoms with Crippen molar-refractivity contribution in [3.63, 3.8) is 0 Å². The maximum absolute atomic E-state index is 11.0. The van der Waals surface area contributed by atoms with E-state index in [9.17, 15) is 5.11 Å². The van der Waals surface area contributed by atoms with E-state index in [4.69, 9.17) is 5.73 Å². The van der Waals surface area contributed by atoms with Crippen LogP contribution < -0.4 is 5.73 Å². The highest BCUT2D eigenvalue weighted by Crippen LogP contribution is 2.38. The molecule has 3 rings (SSSR count). The fourth-order valence-corrected chi connectivity index (χ4v) is 3.46. The SMILES string of the molecule is NC(c1cccc2ccccc12)C1(O)CCCCCC1. The number of hydrogen-bond donors (Lipinski definition) is 2. The van der Waals surface area contributed by atoms with E-state index in [1.807, 2.05) is 18.2 Å². The average Bonchev–Trinajstić information content (AvgIpc) is 2.72. The van der Waals surface area contributed by atoms with Gasteiger partial charge in [0.05, 0.1) is 11.6 Å². The minimum Gasteiger partial charge on any atom is -0.388 e. The predicted octanol–water partition coefficient (Wildman–Crippen LogP) is 3.92. The zero-order valence-corrected chi connectivity index (χ0v) is 11.9. The molecule has 0 heterocycles. The zero-order chi connectivity index (χ0) is 14.0. The van der Waals surface area contributed by atoms with E-state index in [1.54, 1.807) is 0 Å². The van der Waals surface area contributed by atoms with Crippen LogP contribution in [0, 0.1) is 0 Å². The van der Waals surface area contributed by atoms with Gasteiger partial charge in [0.1, 0.15) is 0 Å². The first-order valence-electron chi connectivity index (χ1n) is 7.66. The van der Waals surface area contributed by atoms with Gasteiger partial charge in [-0.2, -0.15) is 0 Å². The van der Waals surface area contributed by atoms with Gasteiger partial charge >= 0.3 is 0 Å². The average molecular weight is 269 g/mol. The standard InChI is InChI=1S/C18H23NO/c19-17(18(20)12-5-1-2-6-13-18)16-11-7-9-14-8-3-4-10-15(14)16/h3-4,7-11,17,20H,1-2,5-6,12-13,19H2. The van der Waals surface area contributed by atoms with Gasteiger partial charge in [-0.1, -0.05) is 68.1 Å². The molecular weight excluding hydrogens is 246 g/mol. The second-order valence-electron chi connectivity index (χ2n) is 6.06. The van der Waals surface area contributed by atoms with Gasteiger partial charge in [0, 0.05) is 0 Å². The highest BCUT2D eigenvalue weighted by Gasteiger charge is 2.36. The molecule has 1 atom stereocenters. The van der Waals surface area contributed by atoms with E-state index in [0.717, 1.165) is 31.2 Å². The van der Waals surface area contributed by atoms with Crippen molar-refractivity contribution >= 4 is 10.8 Å². The Labute approximate surface area is 120 Å². The lowest BCUT2D eigenvalue weighted by Crippen LogP contribution is -2.40. The van der Waals surface area contributed by atoms with Gasteiger partial charge in [0.2, 0.25) is 0 Å². The monoisotopic (exact) mass is 269 g/mol. The van der Waals surface area contributed by atoms with Crippen LogP contribution in [0.25, 0.3) is 10.8 Å². The predicted molar refractivity (Wildman–Crippen MR) is 83.5 cm³/mol. The summed E-state index contributed by atoms with van der Waals surface area (Å²) in [4.78, 5) is 0. The van der Waals surface area contributed by atoms with E-state index in [2.05, 4.69) is 24.3 Å². The summed E-state index contributed by atoms with van der Waals surface area (Å²) in [6.45, 7) is 0. The molecule has 2 heteroatoms. The van der Waals surface area contributed by atoms with Gasteiger partial charge in [-0.3, -0.25) is 0 Å². The minimum absolute atomic E-state index is 0.299. The highest BCUT2D eigenvalue weighted by atomic mass is 16.3. The van der Waals surface area contributed by atoms with Crippen molar-refractivity contribution in [1.82, 2.24) is 0 Å². The topological polar surface area (TPSA) is 46.2 Å². The van der Waals surface area contributed by atoms with Crippen molar-refractivity contribution in [1.29, 1.82) is 0 Å². The van der Waals surface area contributed by atoms with Crippen LogP contribution in [0.5, 0.6) is 0 Å². The first-order chi connectivity index (χ1) is 9.71. The Morgan fingerprint density at radius 2 is 1.55 bits per heavy atom. The molecule has 0 aliphatic heterocycles. The van der Waals surface area contributed by atoms with E-state index in [1.165, 1.54) is 23.6 Å². The van der Waals surface area contributed by atoms with Crippen LogP contribution >= 0.6 is 0 Å². The highest BCUT2D eigenvalue weighted by molar-refractivity contribution is 5.86. The Morgan fingerprint density at radius 3 is 2.30 bits per heavy atom. The Hall–Kier alpha value is -1.38. The first-order valence-corrected chi connectivity index (χ1v) is 7.66. The lowest BCUT2D eigenvalue weighted by Gasteiger charge is -2.34. The van der Waals surface area contributed by atoms with Crippen LogP contribution in [0.4, 0.5) is 0 Å². The number of nitrogens with two attached hydrogens (primary N) is 1. The molecule has 1 aliphatic carbocycles. The lowest BCUT2D eigenvalue weighted by atomic mass is 9.81. The zero-order valence-electron chi connectivity index (χ0n) is 11.9. The summed E-state index contributed by atoms with van der Waals surface area (Å²) in [5.41, 5.74) is 6.82. The molecule has 2 nitrogen and oxygen atoms in total. The van der Waals surface area contributed by atoms with E-state index in [-0.39, 0.29) is 6.04 Å². The summed E-state index contributed by atoms with van der Waals surface area (Å²) in [7, 11) is 0. The molecule has 3 N–H and O–H groups in total. The third-order valence-corrected chi connectivity index (χ3v) is 4.71. The normalized spacial score (nSPS) is 20.5. The van der Waals surface area contributed by atoms with Crippen LogP contribution in [0.2, 0.25) is 0 Å². The van der Waals surface area contributed by atoms with E-state index in [0.29, 0.717) is 0 Å². The van der Waals surface area contributed by atoms with E-state index >= 15 is 0 Å². The van der Waals surface area contributed by atoms with E-state index < -0.39 is 5.60 Å². The lowest BCUT2D eigenvalue weighted by molar-refractivity contribution is -0.000817. The van der Waals surface area contributed by atoms with Gasteiger partial charge in [0.15, 0.2) is 0 Å². The molecule has 20 heavy (non-hydrogen) atoms. The van der Waals surface area contributed by atoms with Gasteiger partial charge in [-0.25, -0.2) is 0 Å². The maximum atomic E-state index is 11.0. The summed E-state index contributed by atoms with van der Waals surface area (Å²) in [6.07, 6.45) is 6.22. The van der Waals surface area contributed by atoms with Crippen LogP contribution in [0.1, 0.15) is 50.1 Å². The molecule has 1 unspecified atom stereocenters. The summed E-state index contributed by atoms with van der Waals surface area (Å²) in [5.74, 6) is 0. The maximum Gasteiger partial charge on any atom is 0.0839 e. The Morgan fingerprint density at radius 1 is 0.900 bits per heavy atom. The first kappa shape index (κ1) is 13.6. The Bertz CT molecular complexity index is 579. The third-order valence-electron chi connectivity index (χ3n) is 4.71. The van der Waals surface area contributed by atoms with Gasteiger partial charge in [0.25, 0.3) is 0 Å². The molecule has 0 aromatic heterocycles. The molecule has 2 aromatic carbocycles. The van der Waals surface area contributed by atoms with Gasteiger partial charge in [-0.15, -0.1) is 0 Å². The van der Waals surface area contributed by atoms with Gasteiger partial charge < -0.3 is 10.8 Å². The van der Waals surface area contributed by atoms with Crippen LogP contribution in [0.3, 0.4) is 0 Å². The number of rotatable bonds is 2. The van der Waals surface area contributed by atoms with Crippen molar-refractivity contribution in [3.8, 4) is 0 Å². The Balaban J connectivity index is 2.01. The molecule has 0 bridgehead atoms. The van der Waals surface area contributed by atoms with Crippen LogP contribution in [-0.4, -0.2) is 10.7 Å². The van der Waals surface area contributed by atoms with Gasteiger partial charge in [-0.05, 0) is 29.2 Å². The summed E-state index contributed by atoms with van der Waals surface area (Å²) in [5, 5.41) is 13.4. The molecule has 0 amide bonds. The second-order valence-corrected chi connectivity index (χ2v) is 6.06. The number of aliphatic hydroxyl groups is 1. The number of fused-ring (bicyclic) bond motifs is 1. The van der Waals surface area contributed by atoms with Crippen molar-refractivity contribution in [2.75, 3.05) is 0 Å². The second kappa shape index (κ2) is 5.55.